The maximum Gasteiger partial charge on any atom is 0.266 e. The van der Waals surface area contributed by atoms with E-state index in [2.05, 4.69) is 56.1 Å². The van der Waals surface area contributed by atoms with Crippen LogP contribution in [0.4, 0.5) is 11.4 Å². The fourth-order valence-corrected chi connectivity index (χ4v) is 4.66. The highest BCUT2D eigenvalue weighted by Gasteiger charge is 2.35. The molecule has 3 rings (SSSR count). The molecule has 1 unspecified atom stereocenters. The van der Waals surface area contributed by atoms with E-state index in [-0.39, 0.29) is 17.0 Å². The standard InChI is InChI=1S/C26H31N3O/c1-7-29-24-11-9-20(14-22(24)19(4)15-26(29,5)6)13-21(16-27)25(30)28-23-10-8-17(2)12-18(23)3/h8-14,19H,7,15H2,1-6H3,(H,28,30)/b21-13+. The minimum absolute atomic E-state index is 0.103. The Morgan fingerprint density at radius 1 is 1.27 bits per heavy atom. The summed E-state index contributed by atoms with van der Waals surface area (Å²) in [5.74, 6) is 0.0345. The van der Waals surface area contributed by atoms with Gasteiger partial charge in [0.25, 0.3) is 5.91 Å². The summed E-state index contributed by atoms with van der Waals surface area (Å²) in [4.78, 5) is 15.2. The van der Waals surface area contributed by atoms with Gasteiger partial charge in [0, 0.05) is 23.5 Å². The topological polar surface area (TPSA) is 56.1 Å². The summed E-state index contributed by atoms with van der Waals surface area (Å²) in [5, 5.41) is 12.5. The van der Waals surface area contributed by atoms with Crippen LogP contribution in [0, 0.1) is 25.2 Å². The lowest BCUT2D eigenvalue weighted by Gasteiger charge is -2.47. The summed E-state index contributed by atoms with van der Waals surface area (Å²) in [6.07, 6.45) is 2.75. The van der Waals surface area contributed by atoms with Crippen molar-refractivity contribution in [3.8, 4) is 6.07 Å². The Bertz CT molecular complexity index is 1040. The molecule has 0 fully saturated rings. The lowest BCUT2D eigenvalue weighted by atomic mass is 9.79. The monoisotopic (exact) mass is 401 g/mol. The van der Waals surface area contributed by atoms with E-state index in [4.69, 9.17) is 0 Å². The van der Waals surface area contributed by atoms with Crippen LogP contribution >= 0.6 is 0 Å². The van der Waals surface area contributed by atoms with Crippen molar-refractivity contribution in [3.63, 3.8) is 0 Å². The highest BCUT2D eigenvalue weighted by Crippen LogP contribution is 2.43. The lowest BCUT2D eigenvalue weighted by molar-refractivity contribution is -0.112. The largest absolute Gasteiger partial charge is 0.366 e. The molecule has 0 saturated carbocycles. The molecule has 0 radical (unpaired) electrons. The van der Waals surface area contributed by atoms with Crippen molar-refractivity contribution in [2.24, 2.45) is 0 Å². The van der Waals surface area contributed by atoms with Gasteiger partial charge in [0.1, 0.15) is 11.6 Å². The number of anilines is 2. The Morgan fingerprint density at radius 2 is 2.00 bits per heavy atom. The van der Waals surface area contributed by atoms with Gasteiger partial charge in [0.2, 0.25) is 0 Å². The molecule has 1 heterocycles. The van der Waals surface area contributed by atoms with Crippen molar-refractivity contribution in [2.75, 3.05) is 16.8 Å². The number of rotatable bonds is 4. The maximum absolute atomic E-state index is 12.7. The predicted octanol–water partition coefficient (Wildman–Crippen LogP) is 5.96. The number of hydrogen-bond acceptors (Lipinski definition) is 3. The molecule has 1 atom stereocenters. The molecular weight excluding hydrogens is 370 g/mol. The Morgan fingerprint density at radius 3 is 2.63 bits per heavy atom. The van der Waals surface area contributed by atoms with Gasteiger partial charge in [-0.05, 0) is 87.9 Å². The molecule has 4 heteroatoms. The zero-order valence-corrected chi connectivity index (χ0v) is 18.8. The van der Waals surface area contributed by atoms with Gasteiger partial charge in [0.15, 0.2) is 0 Å². The van der Waals surface area contributed by atoms with E-state index < -0.39 is 0 Å². The van der Waals surface area contributed by atoms with Crippen LogP contribution in [0.25, 0.3) is 6.08 Å². The Kier molecular flexibility index (Phi) is 6.03. The number of fused-ring (bicyclic) bond motifs is 1. The van der Waals surface area contributed by atoms with Crippen molar-refractivity contribution < 1.29 is 4.79 Å². The van der Waals surface area contributed by atoms with Gasteiger partial charge in [-0.1, -0.05) is 30.7 Å². The van der Waals surface area contributed by atoms with E-state index in [1.165, 1.54) is 11.3 Å². The molecule has 0 bridgehead atoms. The molecule has 0 spiro atoms. The molecular formula is C26H31N3O. The van der Waals surface area contributed by atoms with Crippen molar-refractivity contribution in [2.45, 2.75) is 59.4 Å². The first-order valence-corrected chi connectivity index (χ1v) is 10.6. The molecule has 1 aliphatic heterocycles. The maximum atomic E-state index is 12.7. The van der Waals surface area contributed by atoms with Crippen LogP contribution in [0.2, 0.25) is 0 Å². The van der Waals surface area contributed by atoms with Gasteiger partial charge in [-0.15, -0.1) is 0 Å². The normalized spacial score (nSPS) is 17.8. The van der Waals surface area contributed by atoms with E-state index in [1.807, 2.05) is 38.1 Å². The Hall–Kier alpha value is -3.06. The third-order valence-electron chi connectivity index (χ3n) is 6.03. The van der Waals surface area contributed by atoms with Crippen LogP contribution in [0.3, 0.4) is 0 Å². The van der Waals surface area contributed by atoms with Crippen LogP contribution in [-0.2, 0) is 4.79 Å². The highest BCUT2D eigenvalue weighted by molar-refractivity contribution is 6.10. The van der Waals surface area contributed by atoms with Gasteiger partial charge < -0.3 is 10.2 Å². The average molecular weight is 402 g/mol. The minimum atomic E-state index is -0.383. The van der Waals surface area contributed by atoms with E-state index in [9.17, 15) is 10.1 Å². The number of nitrogens with one attached hydrogen (secondary N) is 1. The number of nitriles is 1. The van der Waals surface area contributed by atoms with Crippen molar-refractivity contribution in [1.29, 1.82) is 5.26 Å². The highest BCUT2D eigenvalue weighted by atomic mass is 16.1. The number of hydrogen-bond donors (Lipinski definition) is 1. The van der Waals surface area contributed by atoms with Gasteiger partial charge >= 0.3 is 0 Å². The summed E-state index contributed by atoms with van der Waals surface area (Å²) in [5.41, 5.74) is 6.46. The third-order valence-corrected chi connectivity index (χ3v) is 6.03. The van der Waals surface area contributed by atoms with Crippen molar-refractivity contribution >= 4 is 23.4 Å². The first-order chi connectivity index (χ1) is 14.2. The zero-order valence-electron chi connectivity index (χ0n) is 18.8. The van der Waals surface area contributed by atoms with E-state index in [1.54, 1.807) is 6.08 Å². The fraction of sp³-hybridized carbons (Fsp3) is 0.385. The molecule has 1 N–H and O–H groups in total. The summed E-state index contributed by atoms with van der Waals surface area (Å²) in [6.45, 7) is 13.9. The Labute approximate surface area is 180 Å². The predicted molar refractivity (Wildman–Crippen MR) is 125 cm³/mol. The molecule has 4 nitrogen and oxygen atoms in total. The number of carbonyl (C=O) groups is 1. The second kappa shape index (κ2) is 8.36. The number of benzene rings is 2. The van der Waals surface area contributed by atoms with Crippen LogP contribution < -0.4 is 10.2 Å². The molecule has 156 valence electrons. The first kappa shape index (κ1) is 21.6. The van der Waals surface area contributed by atoms with Crippen LogP contribution in [-0.4, -0.2) is 18.0 Å². The fourth-order valence-electron chi connectivity index (χ4n) is 4.66. The lowest BCUT2D eigenvalue weighted by Crippen LogP contribution is -2.48. The molecule has 2 aromatic rings. The molecule has 2 aromatic carbocycles. The van der Waals surface area contributed by atoms with E-state index >= 15 is 0 Å². The Balaban J connectivity index is 1.91. The zero-order chi connectivity index (χ0) is 22.1. The van der Waals surface area contributed by atoms with Crippen LogP contribution in [0.1, 0.15) is 62.3 Å². The average Bonchev–Trinajstić information content (AvgIpc) is 2.68. The third kappa shape index (κ3) is 4.26. The van der Waals surface area contributed by atoms with Crippen LogP contribution in [0.5, 0.6) is 0 Å². The quantitative estimate of drug-likeness (QED) is 0.508. The minimum Gasteiger partial charge on any atom is -0.366 e. The van der Waals surface area contributed by atoms with Crippen molar-refractivity contribution in [1.82, 2.24) is 0 Å². The number of carbonyl (C=O) groups excluding carboxylic acids is 1. The van der Waals surface area contributed by atoms with Gasteiger partial charge in [0.05, 0.1) is 0 Å². The molecule has 0 aliphatic carbocycles. The second-order valence-electron chi connectivity index (χ2n) is 8.92. The van der Waals surface area contributed by atoms with E-state index in [0.29, 0.717) is 5.92 Å². The molecule has 1 amide bonds. The number of amides is 1. The van der Waals surface area contributed by atoms with E-state index in [0.717, 1.165) is 35.3 Å². The molecule has 1 aliphatic rings. The van der Waals surface area contributed by atoms with Gasteiger partial charge in [-0.2, -0.15) is 5.26 Å². The first-order valence-electron chi connectivity index (χ1n) is 10.6. The molecule has 30 heavy (non-hydrogen) atoms. The van der Waals surface area contributed by atoms with Gasteiger partial charge in [-0.3, -0.25) is 4.79 Å². The molecule has 0 aromatic heterocycles. The smallest absolute Gasteiger partial charge is 0.266 e. The SMILES string of the molecule is CCN1c2ccc(/C=C(\C#N)C(=O)Nc3ccc(C)cc3C)cc2C(C)CC1(C)C. The summed E-state index contributed by atoms with van der Waals surface area (Å²) in [7, 11) is 0. The summed E-state index contributed by atoms with van der Waals surface area (Å²) < 4.78 is 0. The summed E-state index contributed by atoms with van der Waals surface area (Å²) in [6, 6.07) is 14.1. The van der Waals surface area contributed by atoms with Crippen LogP contribution in [0.15, 0.2) is 42.0 Å². The van der Waals surface area contributed by atoms with Gasteiger partial charge in [-0.25, -0.2) is 0 Å². The second-order valence-corrected chi connectivity index (χ2v) is 8.92. The number of nitrogens with zero attached hydrogens (tertiary/aromatic N) is 2. The molecule has 0 saturated heterocycles. The number of aryl methyl sites for hydroxylation is 2. The summed E-state index contributed by atoms with van der Waals surface area (Å²) >= 11 is 0. The van der Waals surface area contributed by atoms with Crippen molar-refractivity contribution in [3.05, 3.63) is 64.2 Å².